The standard InChI is InChI=1S/C11H16N2O2/c1-13(2)12-8-9-5-6-10(14-3)11(7-9)15-4/h5-8H,1-4H3. The summed E-state index contributed by atoms with van der Waals surface area (Å²) in [6.45, 7) is 0. The van der Waals surface area contributed by atoms with Gasteiger partial charge >= 0.3 is 0 Å². The zero-order chi connectivity index (χ0) is 11.3. The highest BCUT2D eigenvalue weighted by Crippen LogP contribution is 2.26. The summed E-state index contributed by atoms with van der Waals surface area (Å²) in [7, 11) is 6.98. The normalized spacial score (nSPS) is 10.4. The van der Waals surface area contributed by atoms with Crippen LogP contribution in [0.1, 0.15) is 5.56 Å². The predicted molar refractivity (Wildman–Crippen MR) is 60.8 cm³/mol. The van der Waals surface area contributed by atoms with Gasteiger partial charge in [0, 0.05) is 14.1 Å². The second-order valence-electron chi connectivity index (χ2n) is 3.21. The monoisotopic (exact) mass is 208 g/mol. The van der Waals surface area contributed by atoms with Crippen molar-refractivity contribution in [3.8, 4) is 11.5 Å². The van der Waals surface area contributed by atoms with Crippen molar-refractivity contribution in [3.63, 3.8) is 0 Å². The van der Waals surface area contributed by atoms with Crippen molar-refractivity contribution >= 4 is 6.21 Å². The van der Waals surface area contributed by atoms with Gasteiger partial charge in [-0.05, 0) is 23.8 Å². The molecule has 0 aliphatic rings. The van der Waals surface area contributed by atoms with Crippen LogP contribution in [-0.4, -0.2) is 39.5 Å². The fourth-order valence-electron chi connectivity index (χ4n) is 1.12. The van der Waals surface area contributed by atoms with E-state index < -0.39 is 0 Å². The van der Waals surface area contributed by atoms with Gasteiger partial charge in [-0.1, -0.05) is 0 Å². The van der Waals surface area contributed by atoms with E-state index in [2.05, 4.69) is 5.10 Å². The van der Waals surface area contributed by atoms with Gasteiger partial charge in [-0.3, -0.25) is 0 Å². The highest BCUT2D eigenvalue weighted by Gasteiger charge is 2.02. The minimum atomic E-state index is 0.709. The molecule has 4 nitrogen and oxygen atoms in total. The van der Waals surface area contributed by atoms with Crippen LogP contribution in [-0.2, 0) is 0 Å². The van der Waals surface area contributed by atoms with Crippen molar-refractivity contribution in [3.05, 3.63) is 23.8 Å². The molecule has 0 atom stereocenters. The fourth-order valence-corrected chi connectivity index (χ4v) is 1.12. The van der Waals surface area contributed by atoms with E-state index in [0.29, 0.717) is 5.75 Å². The Kier molecular flexibility index (Phi) is 3.97. The first-order chi connectivity index (χ1) is 7.17. The lowest BCUT2D eigenvalue weighted by atomic mass is 10.2. The van der Waals surface area contributed by atoms with Crippen molar-refractivity contribution in [2.75, 3.05) is 28.3 Å². The first kappa shape index (κ1) is 11.4. The van der Waals surface area contributed by atoms with Crippen molar-refractivity contribution in [2.24, 2.45) is 5.10 Å². The maximum atomic E-state index is 5.18. The minimum Gasteiger partial charge on any atom is -0.493 e. The summed E-state index contributed by atoms with van der Waals surface area (Å²) in [5, 5.41) is 5.87. The highest BCUT2D eigenvalue weighted by molar-refractivity contribution is 5.80. The number of hydrazone groups is 1. The zero-order valence-electron chi connectivity index (χ0n) is 9.52. The molecule has 0 fully saturated rings. The summed E-state index contributed by atoms with van der Waals surface area (Å²) in [6.07, 6.45) is 1.77. The van der Waals surface area contributed by atoms with Crippen LogP contribution >= 0.6 is 0 Å². The Morgan fingerprint density at radius 3 is 2.33 bits per heavy atom. The third kappa shape index (κ3) is 3.16. The maximum Gasteiger partial charge on any atom is 0.161 e. The molecule has 0 unspecified atom stereocenters. The summed E-state index contributed by atoms with van der Waals surface area (Å²) in [5.41, 5.74) is 0.973. The quantitative estimate of drug-likeness (QED) is 0.556. The van der Waals surface area contributed by atoms with Crippen LogP contribution in [0.5, 0.6) is 11.5 Å². The van der Waals surface area contributed by atoms with Crippen LogP contribution in [0.4, 0.5) is 0 Å². The van der Waals surface area contributed by atoms with Gasteiger partial charge in [-0.25, -0.2) is 0 Å². The molecule has 0 bridgehead atoms. The van der Waals surface area contributed by atoms with E-state index in [-0.39, 0.29) is 0 Å². The van der Waals surface area contributed by atoms with Gasteiger partial charge in [-0.15, -0.1) is 0 Å². The Balaban J connectivity index is 2.93. The molecule has 4 heteroatoms. The second kappa shape index (κ2) is 5.24. The molecule has 0 N–H and O–H groups in total. The van der Waals surface area contributed by atoms with Crippen LogP contribution in [0.15, 0.2) is 23.3 Å². The first-order valence-electron chi connectivity index (χ1n) is 4.60. The van der Waals surface area contributed by atoms with Crippen LogP contribution in [0, 0.1) is 0 Å². The number of methoxy groups -OCH3 is 2. The van der Waals surface area contributed by atoms with Gasteiger partial charge in [0.1, 0.15) is 0 Å². The van der Waals surface area contributed by atoms with Crippen LogP contribution < -0.4 is 9.47 Å². The average Bonchev–Trinajstić information content (AvgIpc) is 2.25. The highest BCUT2D eigenvalue weighted by atomic mass is 16.5. The number of benzene rings is 1. The molecule has 0 aliphatic heterocycles. The molecular formula is C11H16N2O2. The molecule has 15 heavy (non-hydrogen) atoms. The number of hydrogen-bond acceptors (Lipinski definition) is 4. The molecule has 0 saturated carbocycles. The zero-order valence-corrected chi connectivity index (χ0v) is 9.52. The second-order valence-corrected chi connectivity index (χ2v) is 3.21. The summed E-state index contributed by atoms with van der Waals surface area (Å²) in [4.78, 5) is 0. The Labute approximate surface area is 90.1 Å². The minimum absolute atomic E-state index is 0.709. The van der Waals surface area contributed by atoms with Gasteiger partial charge < -0.3 is 14.5 Å². The van der Waals surface area contributed by atoms with Gasteiger partial charge in [0.25, 0.3) is 0 Å². The van der Waals surface area contributed by atoms with Gasteiger partial charge in [0.15, 0.2) is 11.5 Å². The van der Waals surface area contributed by atoms with Gasteiger partial charge in [0.05, 0.1) is 20.4 Å². The van der Waals surface area contributed by atoms with Gasteiger partial charge in [0.2, 0.25) is 0 Å². The van der Waals surface area contributed by atoms with E-state index in [1.54, 1.807) is 25.4 Å². The van der Waals surface area contributed by atoms with Crippen LogP contribution in [0.2, 0.25) is 0 Å². The lowest BCUT2D eigenvalue weighted by Crippen LogP contribution is -2.02. The summed E-state index contributed by atoms with van der Waals surface area (Å²) < 4.78 is 10.3. The maximum absolute atomic E-state index is 5.18. The molecule has 0 spiro atoms. The number of nitrogens with zero attached hydrogens (tertiary/aromatic N) is 2. The smallest absolute Gasteiger partial charge is 0.161 e. The van der Waals surface area contributed by atoms with E-state index in [9.17, 15) is 0 Å². The van der Waals surface area contributed by atoms with Gasteiger partial charge in [-0.2, -0.15) is 5.10 Å². The van der Waals surface area contributed by atoms with Crippen molar-refractivity contribution in [2.45, 2.75) is 0 Å². The number of rotatable bonds is 4. The molecule has 82 valence electrons. The Morgan fingerprint density at radius 2 is 1.80 bits per heavy atom. The third-order valence-electron chi connectivity index (χ3n) is 1.85. The molecule has 0 aliphatic carbocycles. The summed E-state index contributed by atoms with van der Waals surface area (Å²) >= 11 is 0. The molecule has 1 aromatic carbocycles. The Bertz CT molecular complexity index is 348. The summed E-state index contributed by atoms with van der Waals surface area (Å²) in [6, 6.07) is 5.66. The van der Waals surface area contributed by atoms with Crippen molar-refractivity contribution in [1.29, 1.82) is 0 Å². The molecule has 0 radical (unpaired) electrons. The molecule has 0 heterocycles. The third-order valence-corrected chi connectivity index (χ3v) is 1.85. The molecule has 0 amide bonds. The Morgan fingerprint density at radius 1 is 1.13 bits per heavy atom. The van der Waals surface area contributed by atoms with Crippen LogP contribution in [0.25, 0.3) is 0 Å². The fraction of sp³-hybridized carbons (Fsp3) is 0.364. The van der Waals surface area contributed by atoms with Crippen molar-refractivity contribution in [1.82, 2.24) is 5.01 Å². The lowest BCUT2D eigenvalue weighted by Gasteiger charge is -2.08. The van der Waals surface area contributed by atoms with Crippen molar-refractivity contribution < 1.29 is 9.47 Å². The van der Waals surface area contributed by atoms with E-state index in [1.165, 1.54) is 0 Å². The molecular weight excluding hydrogens is 192 g/mol. The van der Waals surface area contributed by atoms with E-state index >= 15 is 0 Å². The molecule has 1 aromatic rings. The molecule has 0 aromatic heterocycles. The van der Waals surface area contributed by atoms with Crippen LogP contribution in [0.3, 0.4) is 0 Å². The molecule has 0 saturated heterocycles. The Hall–Kier alpha value is -1.71. The topological polar surface area (TPSA) is 34.1 Å². The van der Waals surface area contributed by atoms with E-state index in [1.807, 2.05) is 32.3 Å². The average molecular weight is 208 g/mol. The van der Waals surface area contributed by atoms with E-state index in [4.69, 9.17) is 9.47 Å². The number of ether oxygens (including phenoxy) is 2. The predicted octanol–water partition coefficient (Wildman–Crippen LogP) is 1.60. The van der Waals surface area contributed by atoms with E-state index in [0.717, 1.165) is 11.3 Å². The number of hydrogen-bond donors (Lipinski definition) is 0. The largest absolute Gasteiger partial charge is 0.493 e. The SMILES string of the molecule is COc1ccc(C=NN(C)C)cc1OC. The summed E-state index contributed by atoms with van der Waals surface area (Å²) in [5.74, 6) is 1.43. The lowest BCUT2D eigenvalue weighted by molar-refractivity contribution is 0.355. The molecule has 1 rings (SSSR count). The first-order valence-corrected chi connectivity index (χ1v) is 4.60.